The number of rotatable bonds is 4. The molecule has 0 N–H and O–H groups in total. The van der Waals surface area contributed by atoms with Gasteiger partial charge >= 0.3 is 0 Å². The van der Waals surface area contributed by atoms with Crippen LogP contribution in [0.4, 0.5) is 0 Å². The second-order valence-corrected chi connectivity index (χ2v) is 6.64. The van der Waals surface area contributed by atoms with Gasteiger partial charge < -0.3 is 9.42 Å². The maximum absolute atomic E-state index is 12.5. The van der Waals surface area contributed by atoms with Crippen molar-refractivity contribution in [3.05, 3.63) is 72.1 Å². The van der Waals surface area contributed by atoms with Gasteiger partial charge in [-0.15, -0.1) is 0 Å². The number of hydrogen-bond acceptors (Lipinski definition) is 4. The van der Waals surface area contributed by atoms with Gasteiger partial charge in [-0.05, 0) is 18.4 Å². The average Bonchev–Trinajstić information content (AvgIpc) is 3.20. The summed E-state index contributed by atoms with van der Waals surface area (Å²) in [6.45, 7) is 1.47. The molecule has 4 rings (SSSR count). The highest BCUT2D eigenvalue weighted by atomic mass is 16.5. The van der Waals surface area contributed by atoms with Crippen molar-refractivity contribution in [1.29, 1.82) is 0 Å². The Bertz CT molecular complexity index is 853. The van der Waals surface area contributed by atoms with Crippen molar-refractivity contribution >= 4 is 5.91 Å². The maximum atomic E-state index is 12.5. The lowest BCUT2D eigenvalue weighted by Gasteiger charge is -2.30. The molecule has 1 saturated heterocycles. The van der Waals surface area contributed by atoms with Crippen LogP contribution in [0.1, 0.15) is 30.2 Å². The minimum Gasteiger partial charge on any atom is -0.342 e. The Morgan fingerprint density at radius 1 is 1.00 bits per heavy atom. The van der Waals surface area contributed by atoms with Crippen LogP contribution >= 0.6 is 0 Å². The van der Waals surface area contributed by atoms with Crippen LogP contribution in [-0.4, -0.2) is 34.0 Å². The van der Waals surface area contributed by atoms with Crippen LogP contribution in [0.25, 0.3) is 11.4 Å². The van der Waals surface area contributed by atoms with E-state index in [0.717, 1.165) is 37.1 Å². The van der Waals surface area contributed by atoms with Crippen molar-refractivity contribution in [3.8, 4) is 11.4 Å². The van der Waals surface area contributed by atoms with Gasteiger partial charge in [-0.25, -0.2) is 0 Å². The van der Waals surface area contributed by atoms with Gasteiger partial charge in [0.25, 0.3) is 0 Å². The summed E-state index contributed by atoms with van der Waals surface area (Å²) in [7, 11) is 0. The monoisotopic (exact) mass is 347 g/mol. The van der Waals surface area contributed by atoms with Crippen LogP contribution in [0.5, 0.6) is 0 Å². The number of benzene rings is 2. The summed E-state index contributed by atoms with van der Waals surface area (Å²) in [6.07, 6.45) is 2.18. The molecule has 0 atom stereocenters. The van der Waals surface area contributed by atoms with Gasteiger partial charge in [0, 0.05) is 24.6 Å². The summed E-state index contributed by atoms with van der Waals surface area (Å²) in [6, 6.07) is 19.7. The summed E-state index contributed by atoms with van der Waals surface area (Å²) < 4.78 is 5.49. The Morgan fingerprint density at radius 3 is 2.35 bits per heavy atom. The maximum Gasteiger partial charge on any atom is 0.230 e. The molecule has 1 aliphatic rings. The molecule has 0 unspecified atom stereocenters. The Kier molecular flexibility index (Phi) is 4.78. The van der Waals surface area contributed by atoms with Crippen molar-refractivity contribution in [2.24, 2.45) is 0 Å². The molecule has 5 heteroatoms. The van der Waals surface area contributed by atoms with E-state index < -0.39 is 0 Å². The normalized spacial score (nSPS) is 15.2. The summed E-state index contributed by atoms with van der Waals surface area (Å²) in [4.78, 5) is 19.0. The highest BCUT2D eigenvalue weighted by molar-refractivity contribution is 5.78. The minimum absolute atomic E-state index is 0.185. The lowest BCUT2D eigenvalue weighted by molar-refractivity contribution is -0.131. The molecule has 132 valence electrons. The number of hydrogen-bond donors (Lipinski definition) is 0. The van der Waals surface area contributed by atoms with E-state index in [1.165, 1.54) is 0 Å². The zero-order chi connectivity index (χ0) is 17.8. The number of piperidine rings is 1. The topological polar surface area (TPSA) is 59.2 Å². The highest BCUT2D eigenvalue weighted by Crippen LogP contribution is 2.28. The number of likely N-dealkylation sites (tertiary alicyclic amines) is 1. The SMILES string of the molecule is O=C(Cc1ccccc1)N1CCC(c2nc(-c3ccccc3)no2)CC1. The summed E-state index contributed by atoms with van der Waals surface area (Å²) in [5.41, 5.74) is 2.02. The Morgan fingerprint density at radius 2 is 1.65 bits per heavy atom. The van der Waals surface area contributed by atoms with Gasteiger partial charge in [-0.1, -0.05) is 65.8 Å². The third-order valence-corrected chi connectivity index (χ3v) is 4.87. The molecule has 3 aromatic rings. The van der Waals surface area contributed by atoms with E-state index in [9.17, 15) is 4.79 Å². The van der Waals surface area contributed by atoms with Gasteiger partial charge in [-0.2, -0.15) is 4.98 Å². The fourth-order valence-electron chi connectivity index (χ4n) is 3.36. The van der Waals surface area contributed by atoms with E-state index in [-0.39, 0.29) is 11.8 Å². The molecule has 0 radical (unpaired) electrons. The standard InChI is InChI=1S/C21H21N3O2/c25-19(15-16-7-3-1-4-8-16)24-13-11-18(12-14-24)21-22-20(23-26-21)17-9-5-2-6-10-17/h1-10,18H,11-15H2. The second kappa shape index (κ2) is 7.52. The van der Waals surface area contributed by atoms with E-state index in [2.05, 4.69) is 10.1 Å². The first-order valence-corrected chi connectivity index (χ1v) is 9.00. The average molecular weight is 347 g/mol. The Hall–Kier alpha value is -2.95. The van der Waals surface area contributed by atoms with Crippen molar-refractivity contribution in [1.82, 2.24) is 15.0 Å². The van der Waals surface area contributed by atoms with Crippen molar-refractivity contribution in [2.75, 3.05) is 13.1 Å². The van der Waals surface area contributed by atoms with Gasteiger partial charge in [0.05, 0.1) is 6.42 Å². The summed E-state index contributed by atoms with van der Waals surface area (Å²) in [5, 5.41) is 4.10. The molecule has 2 heterocycles. The number of nitrogens with zero attached hydrogens (tertiary/aromatic N) is 3. The van der Waals surface area contributed by atoms with Gasteiger partial charge in [-0.3, -0.25) is 4.79 Å². The van der Waals surface area contributed by atoms with Crippen molar-refractivity contribution < 1.29 is 9.32 Å². The molecule has 0 spiro atoms. The van der Waals surface area contributed by atoms with Crippen LogP contribution in [-0.2, 0) is 11.2 Å². The lowest BCUT2D eigenvalue weighted by Crippen LogP contribution is -2.38. The van der Waals surface area contributed by atoms with Gasteiger partial charge in [0.15, 0.2) is 0 Å². The van der Waals surface area contributed by atoms with Crippen LogP contribution < -0.4 is 0 Å². The van der Waals surface area contributed by atoms with E-state index in [1.807, 2.05) is 65.6 Å². The molecule has 1 fully saturated rings. The fraction of sp³-hybridized carbons (Fsp3) is 0.286. The third-order valence-electron chi connectivity index (χ3n) is 4.87. The van der Waals surface area contributed by atoms with Gasteiger partial charge in [0.2, 0.25) is 17.6 Å². The second-order valence-electron chi connectivity index (χ2n) is 6.64. The molecule has 0 saturated carbocycles. The lowest BCUT2D eigenvalue weighted by atomic mass is 9.96. The zero-order valence-corrected chi connectivity index (χ0v) is 14.5. The third kappa shape index (κ3) is 3.67. The molecule has 0 aliphatic carbocycles. The fourth-order valence-corrected chi connectivity index (χ4v) is 3.36. The predicted octanol–water partition coefficient (Wildman–Crippen LogP) is 3.69. The number of amides is 1. The Balaban J connectivity index is 1.35. The first kappa shape index (κ1) is 16.5. The van der Waals surface area contributed by atoms with E-state index >= 15 is 0 Å². The molecule has 1 aromatic heterocycles. The number of carbonyl (C=O) groups is 1. The van der Waals surface area contributed by atoms with E-state index in [4.69, 9.17) is 4.52 Å². The number of carbonyl (C=O) groups excluding carboxylic acids is 1. The molecule has 0 bridgehead atoms. The highest BCUT2D eigenvalue weighted by Gasteiger charge is 2.27. The molecule has 5 nitrogen and oxygen atoms in total. The van der Waals surface area contributed by atoms with Crippen LogP contribution in [0.2, 0.25) is 0 Å². The van der Waals surface area contributed by atoms with Crippen molar-refractivity contribution in [2.45, 2.75) is 25.2 Å². The zero-order valence-electron chi connectivity index (χ0n) is 14.5. The molecular weight excluding hydrogens is 326 g/mol. The van der Waals surface area contributed by atoms with Crippen LogP contribution in [0, 0.1) is 0 Å². The summed E-state index contributed by atoms with van der Waals surface area (Å²) in [5.74, 6) is 1.72. The van der Waals surface area contributed by atoms with E-state index in [1.54, 1.807) is 0 Å². The molecule has 26 heavy (non-hydrogen) atoms. The van der Waals surface area contributed by atoms with Crippen molar-refractivity contribution in [3.63, 3.8) is 0 Å². The molecule has 1 aliphatic heterocycles. The first-order chi connectivity index (χ1) is 12.8. The largest absolute Gasteiger partial charge is 0.342 e. The minimum atomic E-state index is 0.185. The Labute approximate surface area is 152 Å². The quantitative estimate of drug-likeness (QED) is 0.722. The smallest absolute Gasteiger partial charge is 0.230 e. The van der Waals surface area contributed by atoms with Gasteiger partial charge in [0.1, 0.15) is 0 Å². The summed E-state index contributed by atoms with van der Waals surface area (Å²) >= 11 is 0. The predicted molar refractivity (Wildman–Crippen MR) is 98.4 cm³/mol. The number of aromatic nitrogens is 2. The van der Waals surface area contributed by atoms with Crippen LogP contribution in [0.15, 0.2) is 65.2 Å². The van der Waals surface area contributed by atoms with E-state index in [0.29, 0.717) is 18.1 Å². The van der Waals surface area contributed by atoms with Crippen LogP contribution in [0.3, 0.4) is 0 Å². The first-order valence-electron chi connectivity index (χ1n) is 9.00. The molecule has 2 aromatic carbocycles. The molecular formula is C21H21N3O2. The molecule has 1 amide bonds.